The first-order valence-corrected chi connectivity index (χ1v) is 14.8. The summed E-state index contributed by atoms with van der Waals surface area (Å²) in [6.45, 7) is 12.0. The molecule has 3 aliphatic heterocycles. The van der Waals surface area contributed by atoms with E-state index < -0.39 is 9.84 Å². The first kappa shape index (κ1) is 26.0. The molecule has 0 N–H and O–H groups in total. The van der Waals surface area contributed by atoms with Gasteiger partial charge in [-0.2, -0.15) is 5.26 Å². The number of nitriles is 1. The highest BCUT2D eigenvalue weighted by molar-refractivity contribution is 7.95. The minimum Gasteiger partial charge on any atom is -0.355 e. The third kappa shape index (κ3) is 6.02. The van der Waals surface area contributed by atoms with E-state index in [1.54, 1.807) is 30.3 Å². The quantitative estimate of drug-likeness (QED) is 0.456. The van der Waals surface area contributed by atoms with Crippen molar-refractivity contribution in [2.24, 2.45) is 0 Å². The molecule has 3 heterocycles. The monoisotopic (exact) mass is 499 g/mol. The SMILES string of the molecule is C[C@H]1CCCN1CCCN1CCN(CCCN2CCC[C@@H]2C)C1=C(C#N)S(=O)(=O)c1ccccc1. The van der Waals surface area contributed by atoms with E-state index in [9.17, 15) is 13.7 Å². The minimum atomic E-state index is -3.88. The molecule has 0 amide bonds. The van der Waals surface area contributed by atoms with E-state index in [0.717, 1.165) is 65.2 Å². The van der Waals surface area contributed by atoms with Crippen molar-refractivity contribution in [3.8, 4) is 6.07 Å². The number of nitrogens with zero attached hydrogens (tertiary/aromatic N) is 5. The molecular formula is C27H41N5O2S. The van der Waals surface area contributed by atoms with E-state index in [-0.39, 0.29) is 9.80 Å². The van der Waals surface area contributed by atoms with Crippen LogP contribution in [0, 0.1) is 11.3 Å². The van der Waals surface area contributed by atoms with Crippen LogP contribution in [0.5, 0.6) is 0 Å². The highest BCUT2D eigenvalue weighted by atomic mass is 32.2. The number of hydrogen-bond acceptors (Lipinski definition) is 7. The molecular weight excluding hydrogens is 458 g/mol. The number of rotatable bonds is 10. The molecule has 2 atom stereocenters. The highest BCUT2D eigenvalue weighted by Gasteiger charge is 2.34. The van der Waals surface area contributed by atoms with Gasteiger partial charge in [-0.05, 0) is 77.6 Å². The smallest absolute Gasteiger partial charge is 0.220 e. The number of allylic oxidation sites excluding steroid dienone is 1. The standard InChI is InChI=1S/C27H41N5O2S/c1-23-10-6-14-29(23)16-8-18-31-20-21-32(19-9-17-30-15-7-11-24(30)2)27(31)26(22-28)35(33,34)25-12-4-3-5-13-25/h3-5,12-13,23-24H,6-11,14-21H2,1-2H3/t23-,24-/m0/s1. The van der Waals surface area contributed by atoms with Gasteiger partial charge in [0.25, 0.3) is 0 Å². The molecule has 35 heavy (non-hydrogen) atoms. The van der Waals surface area contributed by atoms with Crippen LogP contribution < -0.4 is 0 Å². The lowest BCUT2D eigenvalue weighted by Gasteiger charge is -2.28. The first-order chi connectivity index (χ1) is 16.9. The van der Waals surface area contributed by atoms with Crippen LogP contribution in [0.2, 0.25) is 0 Å². The lowest BCUT2D eigenvalue weighted by atomic mass is 10.2. The third-order valence-corrected chi connectivity index (χ3v) is 9.70. The van der Waals surface area contributed by atoms with Crippen molar-refractivity contribution < 1.29 is 8.42 Å². The van der Waals surface area contributed by atoms with Gasteiger partial charge < -0.3 is 19.6 Å². The predicted octanol–water partition coefficient (Wildman–Crippen LogP) is 3.52. The van der Waals surface area contributed by atoms with Crippen molar-refractivity contribution in [1.29, 1.82) is 5.26 Å². The van der Waals surface area contributed by atoms with Crippen LogP contribution in [0.25, 0.3) is 0 Å². The highest BCUT2D eigenvalue weighted by Crippen LogP contribution is 2.30. The number of sulfone groups is 1. The Balaban J connectivity index is 1.53. The van der Waals surface area contributed by atoms with Gasteiger partial charge in [0.1, 0.15) is 11.9 Å². The summed E-state index contributed by atoms with van der Waals surface area (Å²) in [6.07, 6.45) is 6.97. The molecule has 0 aromatic heterocycles. The van der Waals surface area contributed by atoms with Crippen molar-refractivity contribution in [2.45, 2.75) is 69.4 Å². The number of benzene rings is 1. The van der Waals surface area contributed by atoms with Crippen LogP contribution in [0.4, 0.5) is 0 Å². The Morgan fingerprint density at radius 3 is 1.80 bits per heavy atom. The molecule has 3 aliphatic rings. The molecule has 3 saturated heterocycles. The van der Waals surface area contributed by atoms with E-state index in [1.807, 2.05) is 0 Å². The van der Waals surface area contributed by atoms with Gasteiger partial charge in [-0.15, -0.1) is 0 Å². The van der Waals surface area contributed by atoms with Gasteiger partial charge in [-0.3, -0.25) is 0 Å². The second-order valence-corrected chi connectivity index (χ2v) is 12.2. The Kier molecular flexibility index (Phi) is 8.74. The van der Waals surface area contributed by atoms with Crippen LogP contribution in [-0.4, -0.2) is 92.5 Å². The molecule has 4 rings (SSSR count). The fraction of sp³-hybridized carbons (Fsp3) is 0.667. The van der Waals surface area contributed by atoms with Gasteiger partial charge in [0.2, 0.25) is 9.84 Å². The van der Waals surface area contributed by atoms with Crippen molar-refractivity contribution in [1.82, 2.24) is 19.6 Å². The molecule has 0 radical (unpaired) electrons. The zero-order valence-electron chi connectivity index (χ0n) is 21.4. The first-order valence-electron chi connectivity index (χ1n) is 13.3. The molecule has 0 saturated carbocycles. The van der Waals surface area contributed by atoms with Gasteiger partial charge in [0.05, 0.1) is 4.90 Å². The van der Waals surface area contributed by atoms with Gasteiger partial charge in [-0.25, -0.2) is 8.42 Å². The van der Waals surface area contributed by atoms with E-state index in [2.05, 4.69) is 39.5 Å². The average molecular weight is 500 g/mol. The van der Waals surface area contributed by atoms with Crippen molar-refractivity contribution in [3.05, 3.63) is 41.1 Å². The van der Waals surface area contributed by atoms with E-state index in [4.69, 9.17) is 0 Å². The van der Waals surface area contributed by atoms with Crippen LogP contribution >= 0.6 is 0 Å². The molecule has 3 fully saturated rings. The maximum Gasteiger partial charge on any atom is 0.220 e. The molecule has 192 valence electrons. The fourth-order valence-corrected chi connectivity index (χ4v) is 7.27. The zero-order chi connectivity index (χ0) is 24.8. The maximum absolute atomic E-state index is 13.5. The van der Waals surface area contributed by atoms with Crippen LogP contribution in [0.3, 0.4) is 0 Å². The van der Waals surface area contributed by atoms with Gasteiger partial charge in [-0.1, -0.05) is 18.2 Å². The predicted molar refractivity (Wildman–Crippen MR) is 139 cm³/mol. The Bertz CT molecular complexity index is 984. The number of hydrogen-bond donors (Lipinski definition) is 0. The zero-order valence-corrected chi connectivity index (χ0v) is 22.2. The summed E-state index contributed by atoms with van der Waals surface area (Å²) in [5.74, 6) is 0.611. The molecule has 1 aromatic carbocycles. The topological polar surface area (TPSA) is 70.9 Å². The summed E-state index contributed by atoms with van der Waals surface area (Å²) in [6, 6.07) is 11.8. The largest absolute Gasteiger partial charge is 0.355 e. The fourth-order valence-electron chi connectivity index (χ4n) is 5.90. The van der Waals surface area contributed by atoms with E-state index >= 15 is 0 Å². The Morgan fingerprint density at radius 2 is 1.37 bits per heavy atom. The average Bonchev–Trinajstić information content (AvgIpc) is 3.57. The van der Waals surface area contributed by atoms with Gasteiger partial charge >= 0.3 is 0 Å². The normalized spacial score (nSPS) is 23.9. The molecule has 1 aromatic rings. The third-order valence-electron chi connectivity index (χ3n) is 7.99. The van der Waals surface area contributed by atoms with Crippen molar-refractivity contribution in [2.75, 3.05) is 52.4 Å². The maximum atomic E-state index is 13.5. The summed E-state index contributed by atoms with van der Waals surface area (Å²) in [5, 5.41) is 10.1. The molecule has 7 nitrogen and oxygen atoms in total. The summed E-state index contributed by atoms with van der Waals surface area (Å²) < 4.78 is 27.1. The van der Waals surface area contributed by atoms with Crippen LogP contribution in [0.1, 0.15) is 52.4 Å². The van der Waals surface area contributed by atoms with Crippen molar-refractivity contribution in [3.63, 3.8) is 0 Å². The molecule has 0 spiro atoms. The lowest BCUT2D eigenvalue weighted by molar-refractivity contribution is 0.238. The molecule has 8 heteroatoms. The van der Waals surface area contributed by atoms with Crippen molar-refractivity contribution >= 4 is 9.84 Å². The molecule has 0 aliphatic carbocycles. The van der Waals surface area contributed by atoms with Gasteiger partial charge in [0, 0.05) is 51.4 Å². The Morgan fingerprint density at radius 1 is 0.857 bits per heavy atom. The van der Waals surface area contributed by atoms with E-state index in [1.165, 1.54) is 25.7 Å². The Labute approximate surface area is 211 Å². The molecule has 0 unspecified atom stereocenters. The summed E-state index contributed by atoms with van der Waals surface area (Å²) in [4.78, 5) is 9.44. The Hall–Kier alpha value is -2.08. The van der Waals surface area contributed by atoms with Crippen LogP contribution in [0.15, 0.2) is 46.0 Å². The van der Waals surface area contributed by atoms with Gasteiger partial charge in [0.15, 0.2) is 4.91 Å². The lowest BCUT2D eigenvalue weighted by Crippen LogP contribution is -2.33. The van der Waals surface area contributed by atoms with Crippen LogP contribution in [-0.2, 0) is 9.84 Å². The van der Waals surface area contributed by atoms with E-state index in [0.29, 0.717) is 17.9 Å². The molecule has 0 bridgehead atoms. The minimum absolute atomic E-state index is 0.106. The second kappa shape index (κ2) is 11.8. The number of likely N-dealkylation sites (tertiary alicyclic amines) is 2. The summed E-state index contributed by atoms with van der Waals surface area (Å²) >= 11 is 0. The second-order valence-electron chi connectivity index (χ2n) is 10.3. The summed E-state index contributed by atoms with van der Waals surface area (Å²) in [5.41, 5.74) is 0. The summed E-state index contributed by atoms with van der Waals surface area (Å²) in [7, 11) is -3.88.